The predicted octanol–water partition coefficient (Wildman–Crippen LogP) is 2.45. The van der Waals surface area contributed by atoms with Gasteiger partial charge in [-0.15, -0.1) is 6.58 Å². The lowest BCUT2D eigenvalue weighted by atomic mass is 9.81. The zero-order valence-electron chi connectivity index (χ0n) is 7.33. The molecular formula is C10H16O2. The van der Waals surface area contributed by atoms with E-state index >= 15 is 0 Å². The number of carbonyl (C=O) groups is 1. The second-order valence-corrected chi connectivity index (χ2v) is 3.58. The molecule has 0 amide bonds. The highest BCUT2D eigenvalue weighted by Gasteiger charge is 2.24. The average molecular weight is 168 g/mol. The fraction of sp³-hybridized carbons (Fsp3) is 0.700. The number of rotatable bonds is 3. The van der Waals surface area contributed by atoms with Crippen LogP contribution in [0.15, 0.2) is 12.7 Å². The van der Waals surface area contributed by atoms with Crippen molar-refractivity contribution >= 4 is 5.97 Å². The number of carboxylic acid groups (broad SMARTS) is 1. The van der Waals surface area contributed by atoms with Crippen molar-refractivity contribution in [2.45, 2.75) is 32.1 Å². The van der Waals surface area contributed by atoms with Gasteiger partial charge in [0, 0.05) is 0 Å². The van der Waals surface area contributed by atoms with E-state index in [2.05, 4.69) is 6.58 Å². The summed E-state index contributed by atoms with van der Waals surface area (Å²) in [6, 6.07) is 0. The van der Waals surface area contributed by atoms with E-state index in [9.17, 15) is 4.79 Å². The van der Waals surface area contributed by atoms with E-state index in [1.807, 2.05) is 6.08 Å². The van der Waals surface area contributed by atoms with E-state index in [4.69, 9.17) is 5.11 Å². The van der Waals surface area contributed by atoms with Gasteiger partial charge >= 0.3 is 5.97 Å². The quantitative estimate of drug-likeness (QED) is 0.657. The van der Waals surface area contributed by atoms with Crippen LogP contribution in [-0.2, 0) is 4.79 Å². The van der Waals surface area contributed by atoms with E-state index in [0.717, 1.165) is 32.1 Å². The molecule has 0 unspecified atom stereocenters. The van der Waals surface area contributed by atoms with Gasteiger partial charge in [0.05, 0.1) is 5.92 Å². The zero-order chi connectivity index (χ0) is 8.97. The Kier molecular flexibility index (Phi) is 3.32. The van der Waals surface area contributed by atoms with Crippen molar-refractivity contribution in [2.75, 3.05) is 0 Å². The molecule has 1 rings (SSSR count). The summed E-state index contributed by atoms with van der Waals surface area (Å²) in [6.45, 7) is 3.69. The van der Waals surface area contributed by atoms with Crippen LogP contribution in [0, 0.1) is 11.8 Å². The maximum atomic E-state index is 10.6. The van der Waals surface area contributed by atoms with Crippen LogP contribution < -0.4 is 0 Å². The monoisotopic (exact) mass is 168 g/mol. The molecule has 0 aromatic rings. The van der Waals surface area contributed by atoms with Crippen LogP contribution in [0.3, 0.4) is 0 Å². The summed E-state index contributed by atoms with van der Waals surface area (Å²) in [5.74, 6) is -0.00350. The Morgan fingerprint density at radius 3 is 2.42 bits per heavy atom. The predicted molar refractivity (Wildman–Crippen MR) is 47.9 cm³/mol. The second kappa shape index (κ2) is 4.29. The van der Waals surface area contributed by atoms with E-state index in [-0.39, 0.29) is 5.92 Å². The highest BCUT2D eigenvalue weighted by molar-refractivity contribution is 5.69. The Morgan fingerprint density at radius 2 is 2.00 bits per heavy atom. The Bertz CT molecular complexity index is 167. The normalized spacial score (nSPS) is 29.7. The van der Waals surface area contributed by atoms with Crippen molar-refractivity contribution in [2.24, 2.45) is 11.8 Å². The van der Waals surface area contributed by atoms with Gasteiger partial charge < -0.3 is 5.11 Å². The molecule has 1 fully saturated rings. The molecular weight excluding hydrogens is 152 g/mol. The molecule has 68 valence electrons. The molecule has 2 heteroatoms. The number of hydrogen-bond donors (Lipinski definition) is 1. The van der Waals surface area contributed by atoms with Crippen LogP contribution in [-0.4, -0.2) is 11.1 Å². The number of aliphatic carboxylic acids is 1. The average Bonchev–Trinajstić information content (AvgIpc) is 2.06. The first kappa shape index (κ1) is 9.30. The SMILES string of the molecule is C=CC[C@H]1CC[C@H](C(=O)O)CC1. The van der Waals surface area contributed by atoms with Gasteiger partial charge in [0.15, 0.2) is 0 Å². The molecule has 0 spiro atoms. The maximum Gasteiger partial charge on any atom is 0.306 e. The van der Waals surface area contributed by atoms with Gasteiger partial charge in [0.1, 0.15) is 0 Å². The summed E-state index contributed by atoms with van der Waals surface area (Å²) < 4.78 is 0. The van der Waals surface area contributed by atoms with Crippen LogP contribution in [0.2, 0.25) is 0 Å². The Labute approximate surface area is 73.3 Å². The smallest absolute Gasteiger partial charge is 0.306 e. The van der Waals surface area contributed by atoms with Crippen LogP contribution in [0.4, 0.5) is 0 Å². The highest BCUT2D eigenvalue weighted by atomic mass is 16.4. The van der Waals surface area contributed by atoms with Crippen LogP contribution in [0.5, 0.6) is 0 Å². The number of carboxylic acids is 1. The Balaban J connectivity index is 2.29. The van der Waals surface area contributed by atoms with Crippen molar-refractivity contribution in [1.29, 1.82) is 0 Å². The van der Waals surface area contributed by atoms with Gasteiger partial charge in [0.2, 0.25) is 0 Å². The summed E-state index contributed by atoms with van der Waals surface area (Å²) >= 11 is 0. The summed E-state index contributed by atoms with van der Waals surface area (Å²) in [7, 11) is 0. The number of hydrogen-bond acceptors (Lipinski definition) is 1. The molecule has 1 saturated carbocycles. The van der Waals surface area contributed by atoms with Gasteiger partial charge in [-0.1, -0.05) is 6.08 Å². The van der Waals surface area contributed by atoms with Gasteiger partial charge in [0.25, 0.3) is 0 Å². The molecule has 1 N–H and O–H groups in total. The fourth-order valence-electron chi connectivity index (χ4n) is 1.88. The van der Waals surface area contributed by atoms with Crippen molar-refractivity contribution in [3.05, 3.63) is 12.7 Å². The third-order valence-corrected chi connectivity index (χ3v) is 2.70. The van der Waals surface area contributed by atoms with Crippen LogP contribution in [0.25, 0.3) is 0 Å². The number of allylic oxidation sites excluding steroid dienone is 1. The summed E-state index contributed by atoms with van der Waals surface area (Å²) in [5, 5.41) is 8.73. The molecule has 0 aliphatic heterocycles. The van der Waals surface area contributed by atoms with E-state index < -0.39 is 5.97 Å². The standard InChI is InChI=1S/C10H16O2/c1-2-3-8-4-6-9(7-5-8)10(11)12/h2,8-9H,1,3-7H2,(H,11,12)/t8-,9-. The van der Waals surface area contributed by atoms with E-state index in [0.29, 0.717) is 5.92 Å². The van der Waals surface area contributed by atoms with Gasteiger partial charge in [-0.3, -0.25) is 4.79 Å². The van der Waals surface area contributed by atoms with Gasteiger partial charge in [-0.25, -0.2) is 0 Å². The molecule has 2 nitrogen and oxygen atoms in total. The van der Waals surface area contributed by atoms with Crippen molar-refractivity contribution in [3.63, 3.8) is 0 Å². The van der Waals surface area contributed by atoms with E-state index in [1.54, 1.807) is 0 Å². The van der Waals surface area contributed by atoms with Crippen LogP contribution in [0.1, 0.15) is 32.1 Å². The molecule has 0 atom stereocenters. The third kappa shape index (κ3) is 2.36. The largest absolute Gasteiger partial charge is 0.481 e. The van der Waals surface area contributed by atoms with Crippen LogP contribution >= 0.6 is 0 Å². The van der Waals surface area contributed by atoms with Crippen molar-refractivity contribution in [1.82, 2.24) is 0 Å². The molecule has 0 aromatic carbocycles. The second-order valence-electron chi connectivity index (χ2n) is 3.58. The first-order valence-corrected chi connectivity index (χ1v) is 4.57. The molecule has 12 heavy (non-hydrogen) atoms. The highest BCUT2D eigenvalue weighted by Crippen LogP contribution is 2.30. The van der Waals surface area contributed by atoms with E-state index in [1.165, 1.54) is 0 Å². The molecule has 1 aliphatic rings. The van der Waals surface area contributed by atoms with Crippen molar-refractivity contribution < 1.29 is 9.90 Å². The molecule has 0 bridgehead atoms. The Morgan fingerprint density at radius 1 is 1.42 bits per heavy atom. The molecule has 0 heterocycles. The molecule has 0 aromatic heterocycles. The minimum absolute atomic E-state index is 0.0777. The minimum Gasteiger partial charge on any atom is -0.481 e. The summed E-state index contributed by atoms with van der Waals surface area (Å²) in [6.07, 6.45) is 6.81. The lowest BCUT2D eigenvalue weighted by molar-refractivity contribution is -0.143. The lowest BCUT2D eigenvalue weighted by Gasteiger charge is -2.24. The molecule has 0 radical (unpaired) electrons. The van der Waals surface area contributed by atoms with Crippen molar-refractivity contribution in [3.8, 4) is 0 Å². The zero-order valence-corrected chi connectivity index (χ0v) is 7.33. The third-order valence-electron chi connectivity index (χ3n) is 2.70. The first-order chi connectivity index (χ1) is 5.74. The molecule has 1 aliphatic carbocycles. The molecule has 0 saturated heterocycles. The lowest BCUT2D eigenvalue weighted by Crippen LogP contribution is -2.20. The summed E-state index contributed by atoms with van der Waals surface area (Å²) in [5.41, 5.74) is 0. The maximum absolute atomic E-state index is 10.6. The summed E-state index contributed by atoms with van der Waals surface area (Å²) in [4.78, 5) is 10.6. The van der Waals surface area contributed by atoms with Gasteiger partial charge in [-0.05, 0) is 38.0 Å². The first-order valence-electron chi connectivity index (χ1n) is 4.57. The fourth-order valence-corrected chi connectivity index (χ4v) is 1.88. The van der Waals surface area contributed by atoms with Gasteiger partial charge in [-0.2, -0.15) is 0 Å². The topological polar surface area (TPSA) is 37.3 Å². The minimum atomic E-state index is -0.618. The Hall–Kier alpha value is -0.790.